The minimum absolute atomic E-state index is 0.228. The molecule has 0 saturated carbocycles. The maximum Gasteiger partial charge on any atom is 0.294 e. The van der Waals surface area contributed by atoms with E-state index in [-0.39, 0.29) is 5.56 Å². The number of benzene rings is 1. The van der Waals surface area contributed by atoms with Crippen LogP contribution in [0.15, 0.2) is 33.5 Å². The van der Waals surface area contributed by atoms with E-state index < -0.39 is 0 Å². The van der Waals surface area contributed by atoms with E-state index in [1.165, 1.54) is 0 Å². The molecule has 74 valence electrons. The first kappa shape index (κ1) is 8.23. The SMILES string of the molecule is Cc1nc2c(oc3ccccc32)c(=O)[nH]1. The third-order valence-corrected chi connectivity index (χ3v) is 2.35. The molecule has 0 unspecified atom stereocenters. The molecule has 3 aromatic rings. The van der Waals surface area contributed by atoms with E-state index in [1.807, 2.05) is 24.3 Å². The Kier molecular flexibility index (Phi) is 1.48. The highest BCUT2D eigenvalue weighted by molar-refractivity contribution is 6.01. The van der Waals surface area contributed by atoms with E-state index >= 15 is 0 Å². The fraction of sp³-hybridized carbons (Fsp3) is 0.0909. The lowest BCUT2D eigenvalue weighted by Crippen LogP contribution is -2.07. The van der Waals surface area contributed by atoms with E-state index in [1.54, 1.807) is 6.92 Å². The van der Waals surface area contributed by atoms with Crippen LogP contribution in [0.25, 0.3) is 22.1 Å². The van der Waals surface area contributed by atoms with Gasteiger partial charge in [-0.3, -0.25) is 4.79 Å². The summed E-state index contributed by atoms with van der Waals surface area (Å²) in [7, 11) is 0. The molecule has 1 aromatic carbocycles. The molecule has 0 radical (unpaired) electrons. The van der Waals surface area contributed by atoms with Crippen molar-refractivity contribution in [1.82, 2.24) is 9.97 Å². The number of aryl methyl sites for hydroxylation is 1. The number of hydrogen-bond acceptors (Lipinski definition) is 3. The number of nitrogens with zero attached hydrogens (tertiary/aromatic N) is 1. The van der Waals surface area contributed by atoms with Crippen LogP contribution in [0.2, 0.25) is 0 Å². The quantitative estimate of drug-likeness (QED) is 0.603. The first-order chi connectivity index (χ1) is 7.25. The van der Waals surface area contributed by atoms with Crippen LogP contribution >= 0.6 is 0 Å². The van der Waals surface area contributed by atoms with E-state index in [2.05, 4.69) is 9.97 Å². The fourth-order valence-corrected chi connectivity index (χ4v) is 1.71. The lowest BCUT2D eigenvalue weighted by Gasteiger charge is -1.90. The van der Waals surface area contributed by atoms with E-state index in [0.29, 0.717) is 22.5 Å². The molecular weight excluding hydrogens is 192 g/mol. The van der Waals surface area contributed by atoms with Crippen molar-refractivity contribution in [2.24, 2.45) is 0 Å². The first-order valence-electron chi connectivity index (χ1n) is 4.64. The standard InChI is InChI=1S/C11H8N2O2/c1-6-12-9-7-4-2-3-5-8(7)15-10(9)11(14)13-6/h2-5H,1H3,(H,12,13,14). The largest absolute Gasteiger partial charge is 0.449 e. The molecule has 0 spiro atoms. The molecule has 1 N–H and O–H groups in total. The Bertz CT molecular complexity index is 709. The van der Waals surface area contributed by atoms with Crippen LogP contribution < -0.4 is 5.56 Å². The summed E-state index contributed by atoms with van der Waals surface area (Å²) >= 11 is 0. The Morgan fingerprint density at radius 3 is 3.00 bits per heavy atom. The van der Waals surface area contributed by atoms with Gasteiger partial charge in [-0.25, -0.2) is 4.98 Å². The summed E-state index contributed by atoms with van der Waals surface area (Å²) in [6.07, 6.45) is 0. The number of nitrogens with one attached hydrogen (secondary N) is 1. The Morgan fingerprint density at radius 1 is 1.33 bits per heavy atom. The average molecular weight is 200 g/mol. The maximum absolute atomic E-state index is 11.6. The van der Waals surface area contributed by atoms with Crippen LogP contribution in [0.5, 0.6) is 0 Å². The molecule has 0 aliphatic rings. The average Bonchev–Trinajstić information content (AvgIpc) is 2.57. The molecule has 0 fully saturated rings. The Hall–Kier alpha value is -2.10. The van der Waals surface area contributed by atoms with Crippen LogP contribution in [-0.4, -0.2) is 9.97 Å². The lowest BCUT2D eigenvalue weighted by atomic mass is 10.2. The lowest BCUT2D eigenvalue weighted by molar-refractivity contribution is 0.660. The maximum atomic E-state index is 11.6. The molecule has 4 heteroatoms. The number of aromatic nitrogens is 2. The van der Waals surface area contributed by atoms with Gasteiger partial charge >= 0.3 is 0 Å². The van der Waals surface area contributed by atoms with E-state index in [9.17, 15) is 4.79 Å². The fourth-order valence-electron chi connectivity index (χ4n) is 1.71. The molecular formula is C11H8N2O2. The smallest absolute Gasteiger partial charge is 0.294 e. The van der Waals surface area contributed by atoms with Crippen LogP contribution in [0, 0.1) is 6.92 Å². The molecule has 3 rings (SSSR count). The van der Waals surface area contributed by atoms with Gasteiger partial charge in [-0.05, 0) is 19.1 Å². The summed E-state index contributed by atoms with van der Waals surface area (Å²) < 4.78 is 5.43. The molecule has 0 bridgehead atoms. The number of para-hydroxylation sites is 1. The van der Waals surface area contributed by atoms with Crippen molar-refractivity contribution < 1.29 is 4.42 Å². The summed E-state index contributed by atoms with van der Waals surface area (Å²) in [5.41, 5.74) is 1.39. The zero-order valence-corrected chi connectivity index (χ0v) is 8.07. The predicted octanol–water partition coefficient (Wildman–Crippen LogP) is 1.98. The molecule has 0 amide bonds. The zero-order valence-electron chi connectivity index (χ0n) is 8.07. The van der Waals surface area contributed by atoms with Gasteiger partial charge in [-0.15, -0.1) is 0 Å². The molecule has 2 aromatic heterocycles. The topological polar surface area (TPSA) is 58.9 Å². The normalized spacial score (nSPS) is 11.3. The van der Waals surface area contributed by atoms with Crippen molar-refractivity contribution in [1.29, 1.82) is 0 Å². The van der Waals surface area contributed by atoms with Crippen LogP contribution in [0.4, 0.5) is 0 Å². The summed E-state index contributed by atoms with van der Waals surface area (Å²) in [5.74, 6) is 0.596. The first-order valence-corrected chi connectivity index (χ1v) is 4.64. The van der Waals surface area contributed by atoms with Crippen molar-refractivity contribution in [2.45, 2.75) is 6.92 Å². The molecule has 0 aliphatic heterocycles. The number of hydrogen-bond donors (Lipinski definition) is 1. The van der Waals surface area contributed by atoms with Gasteiger partial charge in [0.25, 0.3) is 5.56 Å². The van der Waals surface area contributed by atoms with Gasteiger partial charge in [0.15, 0.2) is 0 Å². The molecule has 0 saturated heterocycles. The predicted molar refractivity (Wildman–Crippen MR) is 56.9 cm³/mol. The third kappa shape index (κ3) is 1.08. The molecule has 4 nitrogen and oxygen atoms in total. The van der Waals surface area contributed by atoms with Crippen molar-refractivity contribution >= 4 is 22.1 Å². The number of furan rings is 1. The van der Waals surface area contributed by atoms with Gasteiger partial charge < -0.3 is 9.40 Å². The van der Waals surface area contributed by atoms with E-state index in [0.717, 1.165) is 5.39 Å². The van der Waals surface area contributed by atoms with Crippen molar-refractivity contribution in [3.63, 3.8) is 0 Å². The third-order valence-electron chi connectivity index (χ3n) is 2.35. The van der Waals surface area contributed by atoms with Crippen molar-refractivity contribution in [2.75, 3.05) is 0 Å². The van der Waals surface area contributed by atoms with Crippen LogP contribution in [0.3, 0.4) is 0 Å². The van der Waals surface area contributed by atoms with Crippen LogP contribution in [0.1, 0.15) is 5.82 Å². The van der Waals surface area contributed by atoms with E-state index in [4.69, 9.17) is 4.42 Å². The van der Waals surface area contributed by atoms with Crippen molar-refractivity contribution in [3.05, 3.63) is 40.4 Å². The molecule has 15 heavy (non-hydrogen) atoms. The molecule has 0 atom stereocenters. The zero-order chi connectivity index (χ0) is 10.4. The van der Waals surface area contributed by atoms with Gasteiger partial charge in [0.05, 0.1) is 0 Å². The monoisotopic (exact) mass is 200 g/mol. The Labute approximate surface area is 84.6 Å². The number of H-pyrrole nitrogens is 1. The summed E-state index contributed by atoms with van der Waals surface area (Å²) in [4.78, 5) is 18.5. The van der Waals surface area contributed by atoms with Gasteiger partial charge in [-0.2, -0.15) is 0 Å². The second-order valence-corrected chi connectivity index (χ2v) is 3.43. The molecule has 2 heterocycles. The summed E-state index contributed by atoms with van der Waals surface area (Å²) in [6, 6.07) is 7.49. The number of aromatic amines is 1. The second-order valence-electron chi connectivity index (χ2n) is 3.43. The summed E-state index contributed by atoms with van der Waals surface area (Å²) in [6.45, 7) is 1.75. The van der Waals surface area contributed by atoms with Gasteiger partial charge in [0.2, 0.25) is 5.58 Å². The molecule has 0 aliphatic carbocycles. The number of rotatable bonds is 0. The second kappa shape index (κ2) is 2.70. The van der Waals surface area contributed by atoms with Gasteiger partial charge in [0, 0.05) is 5.39 Å². The highest BCUT2D eigenvalue weighted by Gasteiger charge is 2.10. The van der Waals surface area contributed by atoms with Crippen molar-refractivity contribution in [3.8, 4) is 0 Å². The highest BCUT2D eigenvalue weighted by atomic mass is 16.3. The highest BCUT2D eigenvalue weighted by Crippen LogP contribution is 2.23. The Morgan fingerprint density at radius 2 is 2.13 bits per heavy atom. The Balaban J connectivity index is 2.67. The van der Waals surface area contributed by atoms with Crippen LogP contribution in [-0.2, 0) is 0 Å². The number of fused-ring (bicyclic) bond motifs is 3. The summed E-state index contributed by atoms with van der Waals surface area (Å²) in [5, 5.41) is 0.877. The van der Waals surface area contributed by atoms with Gasteiger partial charge in [0.1, 0.15) is 16.9 Å². The minimum Gasteiger partial charge on any atom is -0.449 e. The minimum atomic E-state index is -0.228. The van der Waals surface area contributed by atoms with Gasteiger partial charge in [-0.1, -0.05) is 12.1 Å².